The summed E-state index contributed by atoms with van der Waals surface area (Å²) >= 11 is 0. The zero-order valence-electron chi connectivity index (χ0n) is 8.72. The Balaban J connectivity index is 2.35. The van der Waals surface area contributed by atoms with E-state index in [1.54, 1.807) is 0 Å². The highest BCUT2D eigenvalue weighted by molar-refractivity contribution is 6.14. The van der Waals surface area contributed by atoms with E-state index in [0.717, 1.165) is 11.3 Å². The lowest BCUT2D eigenvalue weighted by atomic mass is 10.0. The van der Waals surface area contributed by atoms with E-state index in [2.05, 4.69) is 29.3 Å². The number of nitrogens with zero attached hydrogens (tertiary/aromatic N) is 1. The molecule has 0 amide bonds. The molecule has 0 bridgehead atoms. The van der Waals surface area contributed by atoms with E-state index in [0.29, 0.717) is 0 Å². The van der Waals surface area contributed by atoms with Crippen molar-refractivity contribution in [2.45, 2.75) is 0 Å². The number of benzene rings is 1. The summed E-state index contributed by atoms with van der Waals surface area (Å²) in [5.74, 6) is 0. The Labute approximate surface area is 90.2 Å². The van der Waals surface area contributed by atoms with Crippen LogP contribution in [0.15, 0.2) is 65.2 Å². The van der Waals surface area contributed by atoms with Crippen molar-refractivity contribution in [3.8, 4) is 0 Å². The zero-order chi connectivity index (χ0) is 10.5. The van der Waals surface area contributed by atoms with Crippen LogP contribution in [0.25, 0.3) is 6.08 Å². The van der Waals surface area contributed by atoms with Crippen molar-refractivity contribution < 1.29 is 0 Å². The third-order valence-electron chi connectivity index (χ3n) is 2.30. The highest BCUT2D eigenvalue weighted by Crippen LogP contribution is 2.13. The summed E-state index contributed by atoms with van der Waals surface area (Å²) in [6.45, 7) is 0. The fourth-order valence-electron chi connectivity index (χ4n) is 1.54. The first-order valence-electron chi connectivity index (χ1n) is 4.99. The van der Waals surface area contributed by atoms with Gasteiger partial charge < -0.3 is 0 Å². The molecule has 74 valence electrons. The number of aliphatic imine (C=N–C) groups is 1. The van der Waals surface area contributed by atoms with Gasteiger partial charge in [-0.05, 0) is 17.7 Å². The Hall–Kier alpha value is -1.89. The summed E-state index contributed by atoms with van der Waals surface area (Å²) in [6.07, 6.45) is 10.3. The van der Waals surface area contributed by atoms with Crippen molar-refractivity contribution in [2.75, 3.05) is 7.05 Å². The molecule has 0 aromatic heterocycles. The highest BCUT2D eigenvalue weighted by Gasteiger charge is 2.02. The van der Waals surface area contributed by atoms with Crippen molar-refractivity contribution in [1.29, 1.82) is 0 Å². The lowest BCUT2D eigenvalue weighted by Gasteiger charge is -2.05. The van der Waals surface area contributed by atoms with Gasteiger partial charge in [-0.1, -0.05) is 48.6 Å². The van der Waals surface area contributed by atoms with Gasteiger partial charge in [-0.3, -0.25) is 4.99 Å². The van der Waals surface area contributed by atoms with Gasteiger partial charge in [-0.2, -0.15) is 0 Å². The molecule has 0 heterocycles. The second kappa shape index (κ2) is 4.56. The standard InChI is InChI=1S/C14H13N/c1-15-14-10-6-5-9-13(14)11-12-7-3-2-4-8-12/h2-11H,1H3/b13-11-,15-14?. The maximum absolute atomic E-state index is 4.24. The van der Waals surface area contributed by atoms with Crippen molar-refractivity contribution >= 4 is 11.8 Å². The molecule has 1 aliphatic carbocycles. The van der Waals surface area contributed by atoms with Crippen LogP contribution in [0.2, 0.25) is 0 Å². The smallest absolute Gasteiger partial charge is 0.0643 e. The molecular weight excluding hydrogens is 182 g/mol. The van der Waals surface area contributed by atoms with E-state index in [1.165, 1.54) is 5.56 Å². The second-order valence-corrected chi connectivity index (χ2v) is 3.34. The zero-order valence-corrected chi connectivity index (χ0v) is 8.72. The van der Waals surface area contributed by atoms with Crippen LogP contribution >= 0.6 is 0 Å². The topological polar surface area (TPSA) is 12.4 Å². The minimum Gasteiger partial charge on any atom is -0.288 e. The fraction of sp³-hybridized carbons (Fsp3) is 0.0714. The summed E-state index contributed by atoms with van der Waals surface area (Å²) in [6, 6.07) is 10.3. The van der Waals surface area contributed by atoms with Crippen LogP contribution in [0.5, 0.6) is 0 Å². The van der Waals surface area contributed by atoms with Crippen molar-refractivity contribution in [3.63, 3.8) is 0 Å². The molecule has 0 N–H and O–H groups in total. The second-order valence-electron chi connectivity index (χ2n) is 3.34. The summed E-state index contributed by atoms with van der Waals surface area (Å²) < 4.78 is 0. The van der Waals surface area contributed by atoms with E-state index >= 15 is 0 Å². The van der Waals surface area contributed by atoms with Crippen LogP contribution in [0, 0.1) is 0 Å². The molecule has 0 atom stereocenters. The Morgan fingerprint density at radius 1 is 1.00 bits per heavy atom. The molecule has 0 spiro atoms. The third kappa shape index (κ3) is 2.32. The Morgan fingerprint density at radius 2 is 1.73 bits per heavy atom. The molecule has 0 unspecified atom stereocenters. The maximum Gasteiger partial charge on any atom is 0.0643 e. The van der Waals surface area contributed by atoms with E-state index < -0.39 is 0 Å². The minimum atomic E-state index is 1.03. The van der Waals surface area contributed by atoms with Gasteiger partial charge in [-0.15, -0.1) is 0 Å². The first-order valence-corrected chi connectivity index (χ1v) is 4.99. The molecule has 0 saturated heterocycles. The van der Waals surface area contributed by atoms with Gasteiger partial charge in [0, 0.05) is 12.6 Å². The lowest BCUT2D eigenvalue weighted by Crippen LogP contribution is -1.99. The molecule has 0 radical (unpaired) electrons. The molecule has 1 heteroatoms. The van der Waals surface area contributed by atoms with Gasteiger partial charge in [0.15, 0.2) is 0 Å². The predicted octanol–water partition coefficient (Wildman–Crippen LogP) is 3.27. The van der Waals surface area contributed by atoms with Crippen molar-refractivity contribution in [2.24, 2.45) is 4.99 Å². The Morgan fingerprint density at radius 3 is 2.47 bits per heavy atom. The van der Waals surface area contributed by atoms with E-state index in [4.69, 9.17) is 0 Å². The van der Waals surface area contributed by atoms with Crippen LogP contribution in [0.1, 0.15) is 5.56 Å². The van der Waals surface area contributed by atoms with Crippen LogP contribution in [-0.4, -0.2) is 12.8 Å². The molecule has 15 heavy (non-hydrogen) atoms. The summed E-state index contributed by atoms with van der Waals surface area (Å²) in [4.78, 5) is 4.24. The fourth-order valence-corrected chi connectivity index (χ4v) is 1.54. The van der Waals surface area contributed by atoms with E-state index in [9.17, 15) is 0 Å². The quantitative estimate of drug-likeness (QED) is 0.652. The van der Waals surface area contributed by atoms with Gasteiger partial charge >= 0.3 is 0 Å². The molecule has 1 nitrogen and oxygen atoms in total. The number of allylic oxidation sites excluding steroid dienone is 5. The SMILES string of the molecule is CN=C1C=CC=C/C1=C/c1ccccc1. The molecule has 1 aromatic rings. The summed E-state index contributed by atoms with van der Waals surface area (Å²) in [7, 11) is 1.82. The van der Waals surface area contributed by atoms with Gasteiger partial charge in [0.1, 0.15) is 0 Å². The molecule has 1 aromatic carbocycles. The molecular formula is C14H13N. The molecule has 1 aliphatic rings. The first-order chi connectivity index (χ1) is 7.40. The lowest BCUT2D eigenvalue weighted by molar-refractivity contribution is 1.43. The highest BCUT2D eigenvalue weighted by atomic mass is 14.7. The van der Waals surface area contributed by atoms with Crippen LogP contribution in [0.4, 0.5) is 0 Å². The molecule has 2 rings (SSSR count). The van der Waals surface area contributed by atoms with Crippen LogP contribution in [0.3, 0.4) is 0 Å². The average molecular weight is 195 g/mol. The largest absolute Gasteiger partial charge is 0.288 e. The van der Waals surface area contributed by atoms with Gasteiger partial charge in [0.25, 0.3) is 0 Å². The maximum atomic E-state index is 4.24. The molecule has 0 saturated carbocycles. The number of rotatable bonds is 1. The third-order valence-corrected chi connectivity index (χ3v) is 2.30. The van der Waals surface area contributed by atoms with E-state index in [1.807, 2.05) is 43.5 Å². The average Bonchev–Trinajstić information content (AvgIpc) is 2.31. The van der Waals surface area contributed by atoms with E-state index in [-0.39, 0.29) is 0 Å². The monoisotopic (exact) mass is 195 g/mol. The molecule has 0 fully saturated rings. The van der Waals surface area contributed by atoms with Crippen molar-refractivity contribution in [3.05, 3.63) is 65.8 Å². The summed E-state index contributed by atoms with van der Waals surface area (Å²) in [5.41, 5.74) is 3.39. The number of hydrogen-bond donors (Lipinski definition) is 0. The normalized spacial score (nSPS) is 20.1. The van der Waals surface area contributed by atoms with Crippen LogP contribution in [-0.2, 0) is 0 Å². The van der Waals surface area contributed by atoms with Gasteiger partial charge in [-0.25, -0.2) is 0 Å². The van der Waals surface area contributed by atoms with Crippen molar-refractivity contribution in [1.82, 2.24) is 0 Å². The van der Waals surface area contributed by atoms with Gasteiger partial charge in [0.2, 0.25) is 0 Å². The first kappa shape index (κ1) is 9.66. The van der Waals surface area contributed by atoms with Gasteiger partial charge in [0.05, 0.1) is 5.71 Å². The Kier molecular flexibility index (Phi) is 2.93. The summed E-state index contributed by atoms with van der Waals surface area (Å²) in [5, 5.41) is 0. The molecule has 0 aliphatic heterocycles. The minimum absolute atomic E-state index is 1.03. The Bertz CT molecular complexity index is 447. The predicted molar refractivity (Wildman–Crippen MR) is 66.1 cm³/mol. The number of hydrogen-bond acceptors (Lipinski definition) is 1. The van der Waals surface area contributed by atoms with Crippen LogP contribution < -0.4 is 0 Å².